The molecule has 0 aromatic carbocycles. The Hall–Kier alpha value is -2.02. The Kier molecular flexibility index (Phi) is 3.13. The van der Waals surface area contributed by atoms with Gasteiger partial charge in [-0.1, -0.05) is 0 Å². The fourth-order valence-electron chi connectivity index (χ4n) is 2.02. The van der Waals surface area contributed by atoms with Gasteiger partial charge < -0.3 is 9.30 Å². The molecule has 1 aliphatic rings. The zero-order chi connectivity index (χ0) is 14.3. The Morgan fingerprint density at radius 1 is 1.45 bits per heavy atom. The minimum Gasteiger partial charge on any atom is -0.464 e. The van der Waals surface area contributed by atoms with Crippen molar-refractivity contribution in [2.75, 3.05) is 7.11 Å². The summed E-state index contributed by atoms with van der Waals surface area (Å²) in [7, 11) is 1.28. The molecule has 2 aromatic rings. The number of hydrogen-bond acceptors (Lipinski definition) is 6. The van der Waals surface area contributed by atoms with Crippen molar-refractivity contribution in [1.82, 2.24) is 14.5 Å². The first-order valence-corrected chi connectivity index (χ1v) is 7.05. The highest BCUT2D eigenvalue weighted by Gasteiger charge is 2.28. The van der Waals surface area contributed by atoms with Gasteiger partial charge in [0.15, 0.2) is 11.5 Å². The lowest BCUT2D eigenvalue weighted by Gasteiger charge is -2.02. The van der Waals surface area contributed by atoms with Crippen LogP contribution in [0.3, 0.4) is 0 Å². The quantitative estimate of drug-likeness (QED) is 0.638. The molecular formula is C13H13N3O3S. The number of Topliss-reactive ketones (excluding diaryl/α,β-unsaturated/α-hetero) is 1. The van der Waals surface area contributed by atoms with E-state index in [1.165, 1.54) is 25.4 Å². The third-order valence-electron chi connectivity index (χ3n) is 3.15. The van der Waals surface area contributed by atoms with E-state index in [0.717, 1.165) is 18.5 Å². The first kappa shape index (κ1) is 13.0. The lowest BCUT2D eigenvalue weighted by molar-refractivity contribution is 0.0591. The number of hydrogen-bond donors (Lipinski definition) is 0. The Balaban J connectivity index is 2.08. The van der Waals surface area contributed by atoms with Gasteiger partial charge in [-0.15, -0.1) is 11.3 Å². The maximum absolute atomic E-state index is 11.7. The number of carbonyl (C=O) groups is 2. The molecule has 0 atom stereocenters. The Morgan fingerprint density at radius 3 is 2.80 bits per heavy atom. The summed E-state index contributed by atoms with van der Waals surface area (Å²) < 4.78 is 6.72. The number of methoxy groups -OCH3 is 1. The molecule has 2 aromatic heterocycles. The summed E-state index contributed by atoms with van der Waals surface area (Å²) >= 11 is 1.21. The van der Waals surface area contributed by atoms with Crippen LogP contribution in [-0.2, 0) is 4.74 Å². The zero-order valence-electron chi connectivity index (χ0n) is 11.1. The summed E-state index contributed by atoms with van der Waals surface area (Å²) in [4.78, 5) is 32.1. The molecule has 3 rings (SSSR count). The third kappa shape index (κ3) is 2.14. The van der Waals surface area contributed by atoms with Crippen LogP contribution in [0.2, 0.25) is 0 Å². The van der Waals surface area contributed by atoms with Gasteiger partial charge in [0, 0.05) is 13.0 Å². The van der Waals surface area contributed by atoms with E-state index in [1.807, 2.05) is 4.57 Å². The normalized spacial score (nSPS) is 14.3. The summed E-state index contributed by atoms with van der Waals surface area (Å²) in [6.07, 6.45) is 5.72. The highest BCUT2D eigenvalue weighted by atomic mass is 32.1. The summed E-state index contributed by atoms with van der Waals surface area (Å²) in [5.41, 5.74) is 0.929. The topological polar surface area (TPSA) is 74.1 Å². The number of imidazole rings is 1. The van der Waals surface area contributed by atoms with Gasteiger partial charge in [-0.25, -0.2) is 14.8 Å². The van der Waals surface area contributed by atoms with E-state index in [0.29, 0.717) is 15.9 Å². The molecule has 20 heavy (non-hydrogen) atoms. The molecule has 7 heteroatoms. The second-order valence-corrected chi connectivity index (χ2v) is 5.66. The molecule has 2 heterocycles. The molecule has 0 saturated heterocycles. The van der Waals surface area contributed by atoms with Crippen LogP contribution in [0.4, 0.5) is 0 Å². The van der Waals surface area contributed by atoms with E-state index in [-0.39, 0.29) is 11.5 Å². The fraction of sp³-hybridized carbons (Fsp3) is 0.385. The number of ketones is 1. The standard InChI is InChI=1S/C13H13N3O3S/c1-7(17)11-10(13(18)19-2)15-12(20-11)9-5-14-6-16(9)8-3-4-8/h5-6,8H,3-4H2,1-2H3. The maximum Gasteiger partial charge on any atom is 0.358 e. The fourth-order valence-corrected chi connectivity index (χ4v) is 2.98. The van der Waals surface area contributed by atoms with E-state index in [9.17, 15) is 9.59 Å². The summed E-state index contributed by atoms with van der Waals surface area (Å²) in [6, 6.07) is 0.457. The van der Waals surface area contributed by atoms with Crippen LogP contribution in [0.15, 0.2) is 12.5 Å². The summed E-state index contributed by atoms with van der Waals surface area (Å²) in [5.74, 6) is -0.776. The smallest absolute Gasteiger partial charge is 0.358 e. The molecule has 104 valence electrons. The van der Waals surface area contributed by atoms with Crippen LogP contribution in [0.1, 0.15) is 46.0 Å². The SMILES string of the molecule is COC(=O)c1nc(-c2cncn2C2CC2)sc1C(C)=O. The predicted octanol–water partition coefficient (Wildman–Crippen LogP) is 2.33. The molecule has 1 fully saturated rings. The molecule has 0 aliphatic heterocycles. The van der Waals surface area contributed by atoms with Crippen molar-refractivity contribution in [1.29, 1.82) is 0 Å². The minimum atomic E-state index is -0.588. The van der Waals surface area contributed by atoms with E-state index in [2.05, 4.69) is 14.7 Å². The first-order valence-electron chi connectivity index (χ1n) is 6.24. The zero-order valence-corrected chi connectivity index (χ0v) is 11.9. The van der Waals surface area contributed by atoms with Crippen LogP contribution in [0.5, 0.6) is 0 Å². The number of aromatic nitrogens is 3. The molecule has 6 nitrogen and oxygen atoms in total. The number of rotatable bonds is 4. The monoisotopic (exact) mass is 291 g/mol. The van der Waals surface area contributed by atoms with Gasteiger partial charge in [0.1, 0.15) is 9.88 Å². The largest absolute Gasteiger partial charge is 0.464 e. The van der Waals surface area contributed by atoms with Crippen molar-refractivity contribution >= 4 is 23.1 Å². The number of carbonyl (C=O) groups excluding carboxylic acids is 2. The molecule has 0 amide bonds. The lowest BCUT2D eigenvalue weighted by atomic mass is 10.3. The summed E-state index contributed by atoms with van der Waals surface area (Å²) in [6.45, 7) is 1.42. The van der Waals surface area contributed by atoms with Crippen molar-refractivity contribution in [3.8, 4) is 10.7 Å². The molecular weight excluding hydrogens is 278 g/mol. The lowest BCUT2D eigenvalue weighted by Crippen LogP contribution is -2.07. The van der Waals surface area contributed by atoms with Crippen LogP contribution >= 0.6 is 11.3 Å². The van der Waals surface area contributed by atoms with Gasteiger partial charge in [0.25, 0.3) is 0 Å². The average Bonchev–Trinajstić information content (AvgIpc) is 3.00. The predicted molar refractivity (Wildman–Crippen MR) is 73.0 cm³/mol. The van der Waals surface area contributed by atoms with Gasteiger partial charge in [-0.05, 0) is 12.8 Å². The van der Waals surface area contributed by atoms with Crippen LogP contribution in [0, 0.1) is 0 Å². The molecule has 0 unspecified atom stereocenters. The second kappa shape index (κ2) is 4.82. The number of ether oxygens (including phenoxy) is 1. The maximum atomic E-state index is 11.7. The number of thiazole rings is 1. The minimum absolute atomic E-state index is 0.0866. The number of nitrogens with zero attached hydrogens (tertiary/aromatic N) is 3. The Morgan fingerprint density at radius 2 is 2.20 bits per heavy atom. The van der Waals surface area contributed by atoms with Gasteiger partial charge in [0.2, 0.25) is 0 Å². The second-order valence-electron chi connectivity index (χ2n) is 4.66. The Bertz CT molecular complexity index is 685. The van der Waals surface area contributed by atoms with E-state index in [4.69, 9.17) is 0 Å². The van der Waals surface area contributed by atoms with Crippen molar-refractivity contribution in [3.05, 3.63) is 23.1 Å². The number of esters is 1. The Labute approximate surface area is 119 Å². The molecule has 0 spiro atoms. The van der Waals surface area contributed by atoms with Crippen molar-refractivity contribution < 1.29 is 14.3 Å². The van der Waals surface area contributed by atoms with Gasteiger partial charge in [-0.3, -0.25) is 4.79 Å². The molecule has 0 bridgehead atoms. The molecule has 0 N–H and O–H groups in total. The highest BCUT2D eigenvalue weighted by molar-refractivity contribution is 7.17. The molecule has 1 saturated carbocycles. The third-order valence-corrected chi connectivity index (χ3v) is 4.33. The average molecular weight is 291 g/mol. The summed E-state index contributed by atoms with van der Waals surface area (Å²) in [5, 5.41) is 0.625. The van der Waals surface area contributed by atoms with Crippen molar-refractivity contribution in [2.45, 2.75) is 25.8 Å². The first-order chi connectivity index (χ1) is 9.61. The van der Waals surface area contributed by atoms with E-state index < -0.39 is 5.97 Å². The molecule has 1 aliphatic carbocycles. The van der Waals surface area contributed by atoms with Crippen molar-refractivity contribution in [2.24, 2.45) is 0 Å². The van der Waals surface area contributed by atoms with E-state index >= 15 is 0 Å². The van der Waals surface area contributed by atoms with Gasteiger partial charge in [0.05, 0.1) is 25.3 Å². The highest BCUT2D eigenvalue weighted by Crippen LogP contribution is 2.39. The van der Waals surface area contributed by atoms with Crippen LogP contribution < -0.4 is 0 Å². The van der Waals surface area contributed by atoms with Gasteiger partial charge in [-0.2, -0.15) is 0 Å². The van der Waals surface area contributed by atoms with Gasteiger partial charge >= 0.3 is 5.97 Å². The van der Waals surface area contributed by atoms with E-state index in [1.54, 1.807) is 12.5 Å². The van der Waals surface area contributed by atoms with Crippen molar-refractivity contribution in [3.63, 3.8) is 0 Å². The molecule has 0 radical (unpaired) electrons. The van der Waals surface area contributed by atoms with Crippen LogP contribution in [0.25, 0.3) is 10.7 Å². The van der Waals surface area contributed by atoms with Crippen LogP contribution in [-0.4, -0.2) is 33.4 Å².